The van der Waals surface area contributed by atoms with Gasteiger partial charge in [0, 0.05) is 19.7 Å². The Morgan fingerprint density at radius 3 is 2.47 bits per heavy atom. The van der Waals surface area contributed by atoms with E-state index in [9.17, 15) is 0 Å². The van der Waals surface area contributed by atoms with Crippen LogP contribution in [0.4, 0.5) is 0 Å². The molecule has 1 fully saturated rings. The molecule has 1 aromatic carbocycles. The lowest BCUT2D eigenvalue weighted by atomic mass is 9.96. The molecule has 0 aromatic heterocycles. The molecule has 1 saturated carbocycles. The van der Waals surface area contributed by atoms with Gasteiger partial charge in [-0.15, -0.1) is 0 Å². The number of hydrogen-bond acceptors (Lipinski definition) is 2. The van der Waals surface area contributed by atoms with E-state index in [1.165, 1.54) is 56.1 Å². The molecule has 106 valence electrons. The Balaban J connectivity index is 1.81. The highest BCUT2D eigenvalue weighted by atomic mass is 16.5. The number of rotatable bonds is 5. The summed E-state index contributed by atoms with van der Waals surface area (Å²) in [5, 5.41) is 3.73. The topological polar surface area (TPSA) is 21.3 Å². The second-order valence-electron chi connectivity index (χ2n) is 5.68. The van der Waals surface area contributed by atoms with E-state index in [2.05, 4.69) is 29.6 Å². The van der Waals surface area contributed by atoms with Gasteiger partial charge >= 0.3 is 0 Å². The molecule has 0 spiro atoms. The van der Waals surface area contributed by atoms with E-state index in [4.69, 9.17) is 4.74 Å². The molecule has 19 heavy (non-hydrogen) atoms. The van der Waals surface area contributed by atoms with Gasteiger partial charge in [0.1, 0.15) is 0 Å². The monoisotopic (exact) mass is 261 g/mol. The lowest BCUT2D eigenvalue weighted by Crippen LogP contribution is -2.29. The van der Waals surface area contributed by atoms with E-state index in [1.807, 2.05) is 0 Å². The molecule has 0 heterocycles. The van der Waals surface area contributed by atoms with Crippen LogP contribution in [0.1, 0.15) is 56.1 Å². The highest BCUT2D eigenvalue weighted by molar-refractivity contribution is 5.22. The van der Waals surface area contributed by atoms with Crippen LogP contribution in [0.15, 0.2) is 24.3 Å². The van der Waals surface area contributed by atoms with Gasteiger partial charge in [-0.2, -0.15) is 0 Å². The Labute approximate surface area is 117 Å². The van der Waals surface area contributed by atoms with Gasteiger partial charge in [0.25, 0.3) is 0 Å². The molecule has 0 amide bonds. The van der Waals surface area contributed by atoms with Crippen LogP contribution in [0.3, 0.4) is 0 Å². The van der Waals surface area contributed by atoms with Crippen molar-refractivity contribution in [3.8, 4) is 0 Å². The molecule has 1 N–H and O–H groups in total. The van der Waals surface area contributed by atoms with E-state index in [0.29, 0.717) is 12.6 Å². The quantitative estimate of drug-likeness (QED) is 0.864. The van der Waals surface area contributed by atoms with Crippen LogP contribution in [-0.2, 0) is 17.9 Å². The highest BCUT2D eigenvalue weighted by Crippen LogP contribution is 2.17. The summed E-state index contributed by atoms with van der Waals surface area (Å²) in [5.41, 5.74) is 2.64. The van der Waals surface area contributed by atoms with E-state index < -0.39 is 0 Å². The van der Waals surface area contributed by atoms with E-state index in [1.54, 1.807) is 7.11 Å². The largest absolute Gasteiger partial charge is 0.380 e. The molecule has 0 aliphatic heterocycles. The number of hydrogen-bond donors (Lipinski definition) is 1. The fraction of sp³-hybridized carbons (Fsp3) is 0.647. The minimum Gasteiger partial charge on any atom is -0.380 e. The Kier molecular flexibility index (Phi) is 6.38. The third kappa shape index (κ3) is 5.33. The maximum absolute atomic E-state index is 5.19. The molecule has 0 atom stereocenters. The predicted molar refractivity (Wildman–Crippen MR) is 80.1 cm³/mol. The fourth-order valence-electron chi connectivity index (χ4n) is 2.92. The van der Waals surface area contributed by atoms with Gasteiger partial charge in [0.15, 0.2) is 0 Å². The first kappa shape index (κ1) is 14.5. The highest BCUT2D eigenvalue weighted by Gasteiger charge is 2.10. The summed E-state index contributed by atoms with van der Waals surface area (Å²) in [5.74, 6) is 0. The lowest BCUT2D eigenvalue weighted by molar-refractivity contribution is 0.185. The molecule has 2 rings (SSSR count). The zero-order valence-electron chi connectivity index (χ0n) is 12.2. The zero-order chi connectivity index (χ0) is 13.3. The number of nitrogens with one attached hydrogen (secondary N) is 1. The van der Waals surface area contributed by atoms with Crippen LogP contribution in [0.25, 0.3) is 0 Å². The normalized spacial score (nSPS) is 17.9. The average Bonchev–Trinajstić information content (AvgIpc) is 2.38. The predicted octanol–water partition coefficient (Wildman–Crippen LogP) is 4.04. The zero-order valence-corrected chi connectivity index (χ0v) is 12.2. The molecule has 2 heteroatoms. The van der Waals surface area contributed by atoms with Crippen LogP contribution < -0.4 is 5.32 Å². The Hall–Kier alpha value is -0.860. The van der Waals surface area contributed by atoms with Gasteiger partial charge < -0.3 is 10.1 Å². The van der Waals surface area contributed by atoms with Crippen LogP contribution in [0, 0.1) is 0 Å². The third-order valence-electron chi connectivity index (χ3n) is 4.00. The first-order valence-electron chi connectivity index (χ1n) is 7.68. The van der Waals surface area contributed by atoms with Gasteiger partial charge in [0.2, 0.25) is 0 Å². The van der Waals surface area contributed by atoms with Gasteiger partial charge in [-0.1, -0.05) is 56.4 Å². The second kappa shape index (κ2) is 8.34. The van der Waals surface area contributed by atoms with E-state index in [0.717, 1.165) is 6.54 Å². The van der Waals surface area contributed by atoms with Crippen LogP contribution in [0.5, 0.6) is 0 Å². The average molecular weight is 261 g/mol. The molecule has 1 aliphatic rings. The lowest BCUT2D eigenvalue weighted by Gasteiger charge is -2.21. The van der Waals surface area contributed by atoms with Crippen molar-refractivity contribution in [2.75, 3.05) is 7.11 Å². The van der Waals surface area contributed by atoms with E-state index in [-0.39, 0.29) is 0 Å². The molecule has 0 bridgehead atoms. The second-order valence-corrected chi connectivity index (χ2v) is 5.68. The van der Waals surface area contributed by atoms with E-state index >= 15 is 0 Å². The first-order chi connectivity index (χ1) is 9.38. The van der Waals surface area contributed by atoms with Crippen molar-refractivity contribution in [2.45, 2.75) is 64.1 Å². The van der Waals surface area contributed by atoms with Gasteiger partial charge in [0.05, 0.1) is 6.61 Å². The summed E-state index contributed by atoms with van der Waals surface area (Å²) in [7, 11) is 1.75. The summed E-state index contributed by atoms with van der Waals surface area (Å²) < 4.78 is 5.19. The third-order valence-corrected chi connectivity index (χ3v) is 4.00. The summed E-state index contributed by atoms with van der Waals surface area (Å²) in [4.78, 5) is 0. The summed E-state index contributed by atoms with van der Waals surface area (Å²) in [6, 6.07) is 9.42. The molecule has 0 unspecified atom stereocenters. The standard InChI is InChI=1S/C17H27NO/c1-19-14-16-9-7-8-15(12-16)13-18-17-10-5-3-2-4-6-11-17/h7-9,12,17-18H,2-6,10-11,13-14H2,1H3. The van der Waals surface area contributed by atoms with Gasteiger partial charge in [-0.05, 0) is 24.0 Å². The summed E-state index contributed by atoms with van der Waals surface area (Å²) >= 11 is 0. The Bertz CT molecular complexity index is 356. The molecular formula is C17H27NO. The van der Waals surface area contributed by atoms with Crippen molar-refractivity contribution in [1.82, 2.24) is 5.32 Å². The van der Waals surface area contributed by atoms with Crippen molar-refractivity contribution in [2.24, 2.45) is 0 Å². The van der Waals surface area contributed by atoms with Crippen molar-refractivity contribution >= 4 is 0 Å². The number of methoxy groups -OCH3 is 1. The number of benzene rings is 1. The van der Waals surface area contributed by atoms with Gasteiger partial charge in [-0.3, -0.25) is 0 Å². The minimum absolute atomic E-state index is 0.706. The van der Waals surface area contributed by atoms with Crippen molar-refractivity contribution in [3.05, 3.63) is 35.4 Å². The summed E-state index contributed by atoms with van der Waals surface area (Å²) in [6.45, 7) is 1.69. The molecular weight excluding hydrogens is 234 g/mol. The smallest absolute Gasteiger partial charge is 0.0713 e. The van der Waals surface area contributed by atoms with Gasteiger partial charge in [-0.25, -0.2) is 0 Å². The SMILES string of the molecule is COCc1cccc(CNC2CCCCCCC2)c1. The molecule has 0 saturated heterocycles. The molecule has 0 radical (unpaired) electrons. The Morgan fingerprint density at radius 1 is 1.05 bits per heavy atom. The maximum atomic E-state index is 5.19. The van der Waals surface area contributed by atoms with Crippen LogP contribution in [0.2, 0.25) is 0 Å². The van der Waals surface area contributed by atoms with Crippen molar-refractivity contribution in [1.29, 1.82) is 0 Å². The first-order valence-corrected chi connectivity index (χ1v) is 7.68. The number of ether oxygens (including phenoxy) is 1. The van der Waals surface area contributed by atoms with Crippen LogP contribution in [-0.4, -0.2) is 13.2 Å². The fourth-order valence-corrected chi connectivity index (χ4v) is 2.92. The van der Waals surface area contributed by atoms with Crippen LogP contribution >= 0.6 is 0 Å². The molecule has 1 aliphatic carbocycles. The Morgan fingerprint density at radius 2 is 1.74 bits per heavy atom. The maximum Gasteiger partial charge on any atom is 0.0713 e. The minimum atomic E-state index is 0.706. The summed E-state index contributed by atoms with van der Waals surface area (Å²) in [6.07, 6.45) is 9.74. The molecule has 2 nitrogen and oxygen atoms in total. The molecule has 1 aromatic rings. The van der Waals surface area contributed by atoms with Crippen molar-refractivity contribution in [3.63, 3.8) is 0 Å². The van der Waals surface area contributed by atoms with Crippen molar-refractivity contribution < 1.29 is 4.74 Å².